The molecule has 0 aliphatic carbocycles. The van der Waals surface area contributed by atoms with Crippen LogP contribution in [0.5, 0.6) is 5.75 Å². The lowest BCUT2D eigenvalue weighted by molar-refractivity contribution is 0.0195. The van der Waals surface area contributed by atoms with Crippen molar-refractivity contribution in [2.24, 2.45) is 4.99 Å². The summed E-state index contributed by atoms with van der Waals surface area (Å²) < 4.78 is 11.1. The minimum absolute atomic E-state index is 0.200. The maximum atomic E-state index is 5.58. The van der Waals surface area contributed by atoms with Crippen molar-refractivity contribution < 1.29 is 9.47 Å². The van der Waals surface area contributed by atoms with Crippen molar-refractivity contribution in [2.45, 2.75) is 18.5 Å². The quantitative estimate of drug-likeness (QED) is 0.584. The number of rotatable bonds is 6. The monoisotopic (exact) mass is 389 g/mol. The zero-order valence-electron chi connectivity index (χ0n) is 17.7. The van der Waals surface area contributed by atoms with Gasteiger partial charge in [-0.2, -0.15) is 0 Å². The Hall–Kier alpha value is -1.83. The molecule has 28 heavy (non-hydrogen) atoms. The largest absolute Gasteiger partial charge is 0.496 e. The van der Waals surface area contributed by atoms with Gasteiger partial charge in [0.15, 0.2) is 5.96 Å². The maximum Gasteiger partial charge on any atom is 0.193 e. The summed E-state index contributed by atoms with van der Waals surface area (Å²) in [7, 11) is 7.81. The number of methoxy groups -OCH3 is 1. The van der Waals surface area contributed by atoms with Crippen molar-refractivity contribution in [2.75, 3.05) is 74.2 Å². The van der Waals surface area contributed by atoms with Gasteiger partial charge in [-0.15, -0.1) is 0 Å². The highest BCUT2D eigenvalue weighted by molar-refractivity contribution is 5.80. The molecule has 3 rings (SSSR count). The van der Waals surface area contributed by atoms with Crippen LogP contribution >= 0.6 is 0 Å². The number of para-hydroxylation sites is 1. The number of benzene rings is 1. The van der Waals surface area contributed by atoms with Crippen LogP contribution in [0.4, 0.5) is 0 Å². The molecule has 2 aliphatic heterocycles. The lowest BCUT2D eigenvalue weighted by Gasteiger charge is -2.32. The van der Waals surface area contributed by atoms with E-state index in [1.165, 1.54) is 12.0 Å². The third-order valence-corrected chi connectivity index (χ3v) is 5.81. The lowest BCUT2D eigenvalue weighted by Crippen LogP contribution is -2.47. The van der Waals surface area contributed by atoms with Crippen molar-refractivity contribution in [1.82, 2.24) is 20.0 Å². The van der Waals surface area contributed by atoms with Gasteiger partial charge in [-0.1, -0.05) is 18.2 Å². The van der Waals surface area contributed by atoms with E-state index in [2.05, 4.69) is 51.2 Å². The molecular formula is C21H35N5O2. The molecule has 2 fully saturated rings. The van der Waals surface area contributed by atoms with Crippen LogP contribution in [0, 0.1) is 0 Å². The van der Waals surface area contributed by atoms with Crippen LogP contribution in [0.15, 0.2) is 29.3 Å². The van der Waals surface area contributed by atoms with E-state index >= 15 is 0 Å². The molecule has 0 radical (unpaired) electrons. The molecule has 1 N–H and O–H groups in total. The third kappa shape index (κ3) is 4.96. The van der Waals surface area contributed by atoms with Gasteiger partial charge < -0.3 is 24.6 Å². The molecule has 2 saturated heterocycles. The molecule has 1 aromatic carbocycles. The number of aliphatic imine (C=N–C) groups is 1. The maximum absolute atomic E-state index is 5.58. The molecule has 1 aromatic rings. The van der Waals surface area contributed by atoms with Crippen molar-refractivity contribution in [3.63, 3.8) is 0 Å². The van der Waals surface area contributed by atoms with E-state index in [9.17, 15) is 0 Å². The molecule has 2 unspecified atom stereocenters. The summed E-state index contributed by atoms with van der Waals surface area (Å²) >= 11 is 0. The number of nitrogens with one attached hydrogen (secondary N) is 1. The van der Waals surface area contributed by atoms with Crippen LogP contribution in [-0.2, 0) is 4.74 Å². The first-order valence-corrected chi connectivity index (χ1v) is 10.2. The first kappa shape index (κ1) is 20.9. The molecule has 0 amide bonds. The number of nitrogens with zero attached hydrogens (tertiary/aromatic N) is 4. The number of ether oxygens (including phenoxy) is 2. The summed E-state index contributed by atoms with van der Waals surface area (Å²) in [5.74, 6) is 1.91. The fourth-order valence-electron chi connectivity index (χ4n) is 4.21. The second-order valence-electron chi connectivity index (χ2n) is 7.69. The van der Waals surface area contributed by atoms with E-state index in [-0.39, 0.29) is 6.04 Å². The van der Waals surface area contributed by atoms with E-state index in [1.54, 1.807) is 7.11 Å². The number of hydrogen-bond acceptors (Lipinski definition) is 5. The van der Waals surface area contributed by atoms with Crippen LogP contribution in [0.2, 0.25) is 0 Å². The fraction of sp³-hybridized carbons (Fsp3) is 0.667. The molecule has 2 atom stereocenters. The molecule has 7 nitrogen and oxygen atoms in total. The summed E-state index contributed by atoms with van der Waals surface area (Å²) in [5, 5.41) is 3.60. The topological polar surface area (TPSA) is 52.6 Å². The SMILES string of the molecule is CN=C(NCC(c1ccccc1OC)N(C)C)N1CCC(N2CCOCC2)C1. The Morgan fingerprint density at radius 1 is 1.29 bits per heavy atom. The van der Waals surface area contributed by atoms with Crippen molar-refractivity contribution in [3.05, 3.63) is 29.8 Å². The van der Waals surface area contributed by atoms with Crippen LogP contribution in [0.1, 0.15) is 18.0 Å². The normalized spacial score (nSPS) is 22.5. The zero-order valence-corrected chi connectivity index (χ0v) is 17.7. The van der Waals surface area contributed by atoms with Crippen molar-refractivity contribution in [1.29, 1.82) is 0 Å². The number of likely N-dealkylation sites (tertiary alicyclic amines) is 1. The molecule has 0 bridgehead atoms. The lowest BCUT2D eigenvalue weighted by atomic mass is 10.0. The van der Waals surface area contributed by atoms with E-state index < -0.39 is 0 Å². The van der Waals surface area contributed by atoms with Gasteiger partial charge in [-0.25, -0.2) is 0 Å². The first-order chi connectivity index (χ1) is 13.6. The standard InChI is InChI=1S/C21H35N5O2/c1-22-21(26-10-9-17(16-26)25-11-13-28-14-12-25)23-15-19(24(2)3)18-7-5-6-8-20(18)27-4/h5-8,17,19H,9-16H2,1-4H3,(H,22,23). The molecule has 2 aliphatic rings. The minimum atomic E-state index is 0.200. The summed E-state index contributed by atoms with van der Waals surface area (Å²) in [5.41, 5.74) is 1.19. The predicted molar refractivity (Wildman–Crippen MR) is 113 cm³/mol. The molecule has 0 spiro atoms. The Morgan fingerprint density at radius 3 is 2.71 bits per heavy atom. The molecule has 156 valence electrons. The average Bonchev–Trinajstić information content (AvgIpc) is 3.22. The van der Waals surface area contributed by atoms with Gasteiger partial charge in [0.2, 0.25) is 0 Å². The van der Waals surface area contributed by atoms with Gasteiger partial charge >= 0.3 is 0 Å². The molecule has 0 aromatic heterocycles. The summed E-state index contributed by atoms with van der Waals surface area (Å²) in [6, 6.07) is 9.03. The highest BCUT2D eigenvalue weighted by Crippen LogP contribution is 2.27. The van der Waals surface area contributed by atoms with Gasteiger partial charge in [0.1, 0.15) is 5.75 Å². The Bertz CT molecular complexity index is 645. The van der Waals surface area contributed by atoms with Crippen LogP contribution in [-0.4, -0.2) is 101 Å². The molecule has 0 saturated carbocycles. The minimum Gasteiger partial charge on any atom is -0.496 e. The van der Waals surface area contributed by atoms with Crippen LogP contribution < -0.4 is 10.1 Å². The summed E-state index contributed by atoms with van der Waals surface area (Å²) in [4.78, 5) is 11.7. The Kier molecular flexibility index (Phi) is 7.53. The fourth-order valence-corrected chi connectivity index (χ4v) is 4.21. The summed E-state index contributed by atoms with van der Waals surface area (Å²) in [6.45, 7) is 6.64. The predicted octanol–water partition coefficient (Wildman–Crippen LogP) is 1.28. The molecule has 2 heterocycles. The highest BCUT2D eigenvalue weighted by Gasteiger charge is 2.30. The average molecular weight is 390 g/mol. The van der Waals surface area contributed by atoms with Gasteiger partial charge in [0.05, 0.1) is 26.4 Å². The van der Waals surface area contributed by atoms with Crippen LogP contribution in [0.25, 0.3) is 0 Å². The number of morpholine rings is 1. The second-order valence-corrected chi connectivity index (χ2v) is 7.69. The first-order valence-electron chi connectivity index (χ1n) is 10.2. The van der Waals surface area contributed by atoms with Crippen molar-refractivity contribution in [3.8, 4) is 5.75 Å². The van der Waals surface area contributed by atoms with Gasteiger partial charge in [0.25, 0.3) is 0 Å². The van der Waals surface area contributed by atoms with E-state index in [1.807, 2.05) is 19.2 Å². The van der Waals surface area contributed by atoms with E-state index in [0.717, 1.165) is 57.6 Å². The summed E-state index contributed by atoms with van der Waals surface area (Å²) in [6.07, 6.45) is 1.18. The Labute approximate surface area is 169 Å². The molecular weight excluding hydrogens is 354 g/mol. The number of likely N-dealkylation sites (N-methyl/N-ethyl adjacent to an activating group) is 1. The van der Waals surface area contributed by atoms with Gasteiger partial charge in [0, 0.05) is 51.4 Å². The van der Waals surface area contributed by atoms with Crippen molar-refractivity contribution >= 4 is 5.96 Å². The Balaban J connectivity index is 1.61. The highest BCUT2D eigenvalue weighted by atomic mass is 16.5. The number of guanidine groups is 1. The second kappa shape index (κ2) is 10.1. The van der Waals surface area contributed by atoms with Gasteiger partial charge in [-0.3, -0.25) is 9.89 Å². The van der Waals surface area contributed by atoms with E-state index in [4.69, 9.17) is 9.47 Å². The van der Waals surface area contributed by atoms with E-state index in [0.29, 0.717) is 6.04 Å². The smallest absolute Gasteiger partial charge is 0.193 e. The van der Waals surface area contributed by atoms with Gasteiger partial charge in [-0.05, 0) is 26.6 Å². The Morgan fingerprint density at radius 2 is 2.04 bits per heavy atom. The third-order valence-electron chi connectivity index (χ3n) is 5.81. The molecule has 7 heteroatoms. The zero-order chi connectivity index (χ0) is 19.9. The number of hydrogen-bond donors (Lipinski definition) is 1. The van der Waals surface area contributed by atoms with Crippen LogP contribution in [0.3, 0.4) is 0 Å².